The third kappa shape index (κ3) is 6.96. The molecule has 0 saturated carbocycles. The second-order valence-electron chi connectivity index (χ2n) is 6.47. The smallest absolute Gasteiger partial charge is 0.272 e. The van der Waals surface area contributed by atoms with Gasteiger partial charge in [0.05, 0.1) is 0 Å². The first-order valence-corrected chi connectivity index (χ1v) is 9.01. The molecular formula is C18H31F3N2. The SMILES string of the molecule is CCCCCCC(CCCCCC)c1cc(C(F)(F)F)nn1C. The molecule has 0 amide bonds. The molecule has 0 bridgehead atoms. The Bertz CT molecular complexity index is 426. The van der Waals surface area contributed by atoms with Gasteiger partial charge in [0.1, 0.15) is 0 Å². The van der Waals surface area contributed by atoms with E-state index in [1.54, 1.807) is 7.05 Å². The normalized spacial score (nSPS) is 12.3. The van der Waals surface area contributed by atoms with E-state index >= 15 is 0 Å². The second-order valence-corrected chi connectivity index (χ2v) is 6.47. The van der Waals surface area contributed by atoms with Crippen LogP contribution in [-0.2, 0) is 13.2 Å². The van der Waals surface area contributed by atoms with Crippen LogP contribution in [0.1, 0.15) is 95.4 Å². The molecule has 1 aromatic heterocycles. The van der Waals surface area contributed by atoms with Crippen molar-refractivity contribution in [3.8, 4) is 0 Å². The lowest BCUT2D eigenvalue weighted by Gasteiger charge is -2.17. The largest absolute Gasteiger partial charge is 0.435 e. The minimum Gasteiger partial charge on any atom is -0.272 e. The van der Waals surface area contributed by atoms with E-state index in [0.29, 0.717) is 0 Å². The summed E-state index contributed by atoms with van der Waals surface area (Å²) in [5.41, 5.74) is -0.0209. The van der Waals surface area contributed by atoms with Crippen molar-refractivity contribution in [2.45, 2.75) is 90.1 Å². The summed E-state index contributed by atoms with van der Waals surface area (Å²) in [7, 11) is 1.63. The Balaban J connectivity index is 2.74. The molecular weight excluding hydrogens is 301 g/mol. The minimum atomic E-state index is -4.36. The highest BCUT2D eigenvalue weighted by Gasteiger charge is 2.35. The Morgan fingerprint density at radius 2 is 1.48 bits per heavy atom. The standard InChI is InChI=1S/C18H31F3N2/c1-4-6-8-10-12-15(13-11-9-7-5-2)16-14-17(18(19,20)21)22-23(16)3/h14-15H,4-13H2,1-3H3. The van der Waals surface area contributed by atoms with Crippen LogP contribution in [0.3, 0.4) is 0 Å². The number of alkyl halides is 3. The molecule has 23 heavy (non-hydrogen) atoms. The molecule has 1 heterocycles. The summed E-state index contributed by atoms with van der Waals surface area (Å²) >= 11 is 0. The predicted molar refractivity (Wildman–Crippen MR) is 88.5 cm³/mol. The number of hydrogen-bond donors (Lipinski definition) is 0. The third-order valence-corrected chi connectivity index (χ3v) is 4.44. The first-order chi connectivity index (χ1) is 10.9. The van der Waals surface area contributed by atoms with E-state index in [1.807, 2.05) is 0 Å². The highest BCUT2D eigenvalue weighted by Crippen LogP contribution is 2.33. The van der Waals surface area contributed by atoms with Crippen LogP contribution in [0.15, 0.2) is 6.07 Å². The van der Waals surface area contributed by atoms with Crippen LogP contribution < -0.4 is 0 Å². The lowest BCUT2D eigenvalue weighted by molar-refractivity contribution is -0.141. The van der Waals surface area contributed by atoms with Crippen LogP contribution in [0.5, 0.6) is 0 Å². The zero-order valence-corrected chi connectivity index (χ0v) is 14.8. The Labute approximate surface area is 138 Å². The molecule has 0 aliphatic heterocycles. The Kier molecular flexibility index (Phi) is 8.71. The summed E-state index contributed by atoms with van der Waals surface area (Å²) in [5.74, 6) is 0.192. The van der Waals surface area contributed by atoms with Crippen molar-refractivity contribution in [3.05, 3.63) is 17.5 Å². The maximum absolute atomic E-state index is 12.9. The van der Waals surface area contributed by atoms with Crippen LogP contribution in [0.4, 0.5) is 13.2 Å². The van der Waals surface area contributed by atoms with Gasteiger partial charge >= 0.3 is 6.18 Å². The number of nitrogens with zero attached hydrogens (tertiary/aromatic N) is 2. The van der Waals surface area contributed by atoms with Gasteiger partial charge in [-0.25, -0.2) is 0 Å². The van der Waals surface area contributed by atoms with Gasteiger partial charge in [-0.05, 0) is 18.9 Å². The van der Waals surface area contributed by atoms with Crippen LogP contribution >= 0.6 is 0 Å². The van der Waals surface area contributed by atoms with Gasteiger partial charge in [-0.15, -0.1) is 0 Å². The monoisotopic (exact) mass is 332 g/mol. The van der Waals surface area contributed by atoms with Crippen molar-refractivity contribution in [2.75, 3.05) is 0 Å². The molecule has 0 fully saturated rings. The van der Waals surface area contributed by atoms with Crippen LogP contribution in [0, 0.1) is 0 Å². The molecule has 0 spiro atoms. The zero-order valence-electron chi connectivity index (χ0n) is 14.8. The minimum absolute atomic E-state index is 0.192. The van der Waals surface area contributed by atoms with Gasteiger partial charge in [0.15, 0.2) is 5.69 Å². The number of halogens is 3. The van der Waals surface area contributed by atoms with Gasteiger partial charge in [-0.3, -0.25) is 4.68 Å². The van der Waals surface area contributed by atoms with E-state index in [1.165, 1.54) is 36.4 Å². The number of rotatable bonds is 11. The summed E-state index contributed by atoms with van der Waals surface area (Å²) in [4.78, 5) is 0. The summed E-state index contributed by atoms with van der Waals surface area (Å²) in [6.07, 6.45) is 6.78. The molecule has 2 nitrogen and oxygen atoms in total. The molecule has 0 saturated heterocycles. The molecule has 0 N–H and O–H groups in total. The topological polar surface area (TPSA) is 17.8 Å². The maximum Gasteiger partial charge on any atom is 0.435 e. The van der Waals surface area contributed by atoms with Crippen molar-refractivity contribution in [1.82, 2.24) is 9.78 Å². The Morgan fingerprint density at radius 1 is 0.957 bits per heavy atom. The molecule has 5 heteroatoms. The van der Waals surface area contributed by atoms with E-state index in [0.717, 1.165) is 44.2 Å². The molecule has 0 aliphatic carbocycles. The molecule has 0 aliphatic rings. The van der Waals surface area contributed by atoms with Gasteiger partial charge < -0.3 is 0 Å². The predicted octanol–water partition coefficient (Wildman–Crippen LogP) is 6.46. The molecule has 0 unspecified atom stereocenters. The van der Waals surface area contributed by atoms with E-state index in [2.05, 4.69) is 18.9 Å². The number of aryl methyl sites for hydroxylation is 1. The molecule has 1 rings (SSSR count). The average Bonchev–Trinajstić information content (AvgIpc) is 2.88. The summed E-state index contributed by atoms with van der Waals surface area (Å²) < 4.78 is 40.1. The van der Waals surface area contributed by atoms with E-state index in [9.17, 15) is 13.2 Å². The quantitative estimate of drug-likeness (QED) is 0.425. The molecule has 0 atom stereocenters. The highest BCUT2D eigenvalue weighted by atomic mass is 19.4. The molecule has 1 aromatic rings. The fraction of sp³-hybridized carbons (Fsp3) is 0.833. The fourth-order valence-electron chi connectivity index (χ4n) is 3.08. The van der Waals surface area contributed by atoms with E-state index in [-0.39, 0.29) is 5.92 Å². The van der Waals surface area contributed by atoms with Gasteiger partial charge in [0, 0.05) is 18.7 Å². The molecule has 0 radical (unpaired) electrons. The van der Waals surface area contributed by atoms with Crippen LogP contribution in [-0.4, -0.2) is 9.78 Å². The van der Waals surface area contributed by atoms with Crippen molar-refractivity contribution >= 4 is 0 Å². The van der Waals surface area contributed by atoms with Gasteiger partial charge in [-0.2, -0.15) is 18.3 Å². The van der Waals surface area contributed by atoms with Crippen molar-refractivity contribution < 1.29 is 13.2 Å². The summed E-state index contributed by atoms with van der Waals surface area (Å²) in [5, 5.41) is 3.68. The second kappa shape index (κ2) is 9.99. The number of hydrogen-bond acceptors (Lipinski definition) is 1. The van der Waals surface area contributed by atoms with Gasteiger partial charge in [-0.1, -0.05) is 65.2 Å². The van der Waals surface area contributed by atoms with Crippen LogP contribution in [0.25, 0.3) is 0 Å². The maximum atomic E-state index is 12.9. The highest BCUT2D eigenvalue weighted by molar-refractivity contribution is 5.17. The average molecular weight is 332 g/mol. The number of aromatic nitrogens is 2. The zero-order chi connectivity index (χ0) is 17.3. The van der Waals surface area contributed by atoms with Gasteiger partial charge in [0.2, 0.25) is 0 Å². The Morgan fingerprint density at radius 3 is 1.87 bits per heavy atom. The van der Waals surface area contributed by atoms with Crippen molar-refractivity contribution in [2.24, 2.45) is 7.05 Å². The van der Waals surface area contributed by atoms with Crippen molar-refractivity contribution in [3.63, 3.8) is 0 Å². The van der Waals surface area contributed by atoms with Crippen molar-refractivity contribution in [1.29, 1.82) is 0 Å². The summed E-state index contributed by atoms with van der Waals surface area (Å²) in [6.45, 7) is 4.33. The van der Waals surface area contributed by atoms with E-state index < -0.39 is 11.9 Å². The Hall–Kier alpha value is -1.00. The third-order valence-electron chi connectivity index (χ3n) is 4.44. The lowest BCUT2D eigenvalue weighted by atomic mass is 9.91. The lowest BCUT2D eigenvalue weighted by Crippen LogP contribution is -2.07. The summed E-state index contributed by atoms with van der Waals surface area (Å²) in [6, 6.07) is 1.25. The van der Waals surface area contributed by atoms with Gasteiger partial charge in [0.25, 0.3) is 0 Å². The van der Waals surface area contributed by atoms with E-state index in [4.69, 9.17) is 0 Å². The number of unbranched alkanes of at least 4 members (excludes halogenated alkanes) is 6. The first-order valence-electron chi connectivity index (χ1n) is 9.01. The first kappa shape index (κ1) is 20.0. The molecule has 134 valence electrons. The van der Waals surface area contributed by atoms with Crippen LogP contribution in [0.2, 0.25) is 0 Å². The molecule has 0 aromatic carbocycles. The fourth-order valence-corrected chi connectivity index (χ4v) is 3.08.